The van der Waals surface area contributed by atoms with Crippen molar-refractivity contribution >= 4 is 12.0 Å². The first-order valence-electron chi connectivity index (χ1n) is 5.92. The van der Waals surface area contributed by atoms with E-state index in [1.54, 1.807) is 20.8 Å². The first kappa shape index (κ1) is 14.7. The summed E-state index contributed by atoms with van der Waals surface area (Å²) in [6.45, 7) is 5.84. The van der Waals surface area contributed by atoms with E-state index in [0.29, 0.717) is 13.1 Å². The van der Waals surface area contributed by atoms with Crippen LogP contribution in [-0.2, 0) is 4.79 Å². The second kappa shape index (κ2) is 5.11. The zero-order valence-corrected chi connectivity index (χ0v) is 11.1. The van der Waals surface area contributed by atoms with E-state index < -0.39 is 11.6 Å². The van der Waals surface area contributed by atoms with Crippen LogP contribution >= 0.6 is 0 Å². The Labute approximate surface area is 107 Å². The van der Waals surface area contributed by atoms with Gasteiger partial charge in [-0.25, -0.2) is 4.79 Å². The molecule has 0 aliphatic carbocycles. The smallest absolute Gasteiger partial charge is 0.408 e. The summed E-state index contributed by atoms with van der Waals surface area (Å²) in [5.74, 6) is -0.254. The van der Waals surface area contributed by atoms with Crippen LogP contribution < -0.4 is 11.5 Å². The molecule has 7 nitrogen and oxygen atoms in total. The van der Waals surface area contributed by atoms with Crippen LogP contribution in [0.5, 0.6) is 0 Å². The topological polar surface area (TPSA) is 113 Å². The van der Waals surface area contributed by atoms with Gasteiger partial charge in [0.1, 0.15) is 6.54 Å². The van der Waals surface area contributed by atoms with E-state index in [4.69, 9.17) is 16.6 Å². The molecule has 0 bridgehead atoms. The van der Waals surface area contributed by atoms with Crippen molar-refractivity contribution < 1.29 is 14.7 Å². The van der Waals surface area contributed by atoms with Gasteiger partial charge in [0.15, 0.2) is 0 Å². The Hall–Kier alpha value is -1.34. The number of nitrogens with zero attached hydrogens (tertiary/aromatic N) is 2. The van der Waals surface area contributed by atoms with Crippen LogP contribution in [0.1, 0.15) is 20.8 Å². The van der Waals surface area contributed by atoms with Gasteiger partial charge in [-0.05, 0) is 20.8 Å². The summed E-state index contributed by atoms with van der Waals surface area (Å²) in [5.41, 5.74) is 10.8. The van der Waals surface area contributed by atoms with Crippen molar-refractivity contribution in [3.63, 3.8) is 0 Å². The zero-order valence-electron chi connectivity index (χ0n) is 11.1. The fourth-order valence-electron chi connectivity index (χ4n) is 1.88. The van der Waals surface area contributed by atoms with E-state index in [2.05, 4.69) is 0 Å². The Bertz CT molecular complexity index is 330. The number of carboxylic acid groups (broad SMARTS) is 1. The summed E-state index contributed by atoms with van der Waals surface area (Å²) in [7, 11) is 0. The van der Waals surface area contributed by atoms with Gasteiger partial charge in [-0.15, -0.1) is 0 Å². The average Bonchev–Trinajstić information content (AvgIpc) is 2.53. The molecule has 2 amide bonds. The molecule has 18 heavy (non-hydrogen) atoms. The summed E-state index contributed by atoms with van der Waals surface area (Å²) in [4.78, 5) is 25.8. The predicted octanol–water partition coefficient (Wildman–Crippen LogP) is -0.738. The first-order chi connectivity index (χ1) is 8.12. The lowest BCUT2D eigenvalue weighted by molar-refractivity contribution is -0.132. The third-order valence-corrected chi connectivity index (χ3v) is 3.10. The number of likely N-dealkylation sites (tertiary alicyclic amines) is 1. The average molecular weight is 258 g/mol. The molecule has 1 rings (SSSR count). The van der Waals surface area contributed by atoms with Crippen LogP contribution in [0.4, 0.5) is 4.79 Å². The fourth-order valence-corrected chi connectivity index (χ4v) is 1.88. The van der Waals surface area contributed by atoms with Crippen molar-refractivity contribution in [2.24, 2.45) is 11.5 Å². The van der Waals surface area contributed by atoms with E-state index in [1.165, 1.54) is 4.90 Å². The van der Waals surface area contributed by atoms with Gasteiger partial charge in [-0.2, -0.15) is 0 Å². The highest BCUT2D eigenvalue weighted by molar-refractivity contribution is 5.82. The lowest BCUT2D eigenvalue weighted by Crippen LogP contribution is -2.50. The van der Waals surface area contributed by atoms with Gasteiger partial charge < -0.3 is 21.5 Å². The molecule has 1 saturated heterocycles. The minimum Gasteiger partial charge on any atom is -0.465 e. The van der Waals surface area contributed by atoms with Gasteiger partial charge in [0, 0.05) is 30.7 Å². The van der Waals surface area contributed by atoms with Gasteiger partial charge in [0.25, 0.3) is 0 Å². The first-order valence-corrected chi connectivity index (χ1v) is 5.92. The highest BCUT2D eigenvalue weighted by Gasteiger charge is 2.34. The summed E-state index contributed by atoms with van der Waals surface area (Å²) in [5, 5.41) is 9.11. The largest absolute Gasteiger partial charge is 0.465 e. The molecule has 0 spiro atoms. The summed E-state index contributed by atoms with van der Waals surface area (Å²) < 4.78 is 0. The summed E-state index contributed by atoms with van der Waals surface area (Å²) >= 11 is 0. The highest BCUT2D eigenvalue weighted by Crippen LogP contribution is 2.15. The number of hydrogen-bond donors (Lipinski definition) is 3. The van der Waals surface area contributed by atoms with Crippen LogP contribution in [0.3, 0.4) is 0 Å². The van der Waals surface area contributed by atoms with Crippen molar-refractivity contribution in [2.75, 3.05) is 19.6 Å². The van der Waals surface area contributed by atoms with Gasteiger partial charge in [-0.1, -0.05) is 0 Å². The van der Waals surface area contributed by atoms with Crippen LogP contribution in [0.2, 0.25) is 0 Å². The Kier molecular flexibility index (Phi) is 4.18. The monoisotopic (exact) mass is 258 g/mol. The molecule has 1 heterocycles. The molecule has 0 aromatic heterocycles. The van der Waals surface area contributed by atoms with Crippen molar-refractivity contribution in [1.29, 1.82) is 0 Å². The van der Waals surface area contributed by atoms with E-state index in [9.17, 15) is 9.59 Å². The van der Waals surface area contributed by atoms with Crippen LogP contribution in [0.15, 0.2) is 0 Å². The second-order valence-electron chi connectivity index (χ2n) is 5.67. The molecule has 1 aliphatic heterocycles. The molecule has 104 valence electrons. The van der Waals surface area contributed by atoms with Gasteiger partial charge in [0.2, 0.25) is 5.91 Å². The van der Waals surface area contributed by atoms with E-state index in [-0.39, 0.29) is 24.5 Å². The zero-order chi connectivity index (χ0) is 14.1. The second-order valence-corrected chi connectivity index (χ2v) is 5.67. The molecule has 2 atom stereocenters. The lowest BCUT2D eigenvalue weighted by atomic mass is 10.1. The Morgan fingerprint density at radius 2 is 1.72 bits per heavy atom. The van der Waals surface area contributed by atoms with E-state index >= 15 is 0 Å². The van der Waals surface area contributed by atoms with Crippen LogP contribution in [0.25, 0.3) is 0 Å². The number of carbonyl (C=O) groups excluding carboxylic acids is 1. The molecular formula is C11H22N4O3. The number of rotatable bonds is 2. The highest BCUT2D eigenvalue weighted by atomic mass is 16.4. The maximum Gasteiger partial charge on any atom is 0.408 e. The van der Waals surface area contributed by atoms with Crippen LogP contribution in [-0.4, -0.2) is 64.2 Å². The van der Waals surface area contributed by atoms with Crippen molar-refractivity contribution in [3.8, 4) is 0 Å². The molecule has 0 aromatic rings. The molecule has 2 unspecified atom stereocenters. The molecule has 0 aromatic carbocycles. The fraction of sp³-hybridized carbons (Fsp3) is 0.818. The number of hydrogen-bond acceptors (Lipinski definition) is 4. The lowest BCUT2D eigenvalue weighted by Gasteiger charge is -2.33. The molecule has 0 saturated carbocycles. The third kappa shape index (κ3) is 3.33. The Morgan fingerprint density at radius 3 is 2.06 bits per heavy atom. The summed E-state index contributed by atoms with van der Waals surface area (Å²) in [6.07, 6.45) is -1.11. The quantitative estimate of drug-likeness (QED) is 0.604. The molecular weight excluding hydrogens is 236 g/mol. The van der Waals surface area contributed by atoms with Crippen molar-refractivity contribution in [1.82, 2.24) is 9.80 Å². The molecule has 7 heteroatoms. The van der Waals surface area contributed by atoms with Crippen molar-refractivity contribution in [2.45, 2.75) is 38.4 Å². The van der Waals surface area contributed by atoms with Gasteiger partial charge >= 0.3 is 6.09 Å². The maximum absolute atomic E-state index is 12.0. The van der Waals surface area contributed by atoms with E-state index in [0.717, 1.165) is 4.90 Å². The normalized spacial score (nSPS) is 24.2. The molecule has 0 radical (unpaired) electrons. The van der Waals surface area contributed by atoms with Crippen LogP contribution in [0, 0.1) is 0 Å². The summed E-state index contributed by atoms with van der Waals surface area (Å²) in [6, 6.07) is -0.469. The minimum atomic E-state index is -1.11. The molecule has 5 N–H and O–H groups in total. The predicted molar refractivity (Wildman–Crippen MR) is 67.0 cm³/mol. The van der Waals surface area contributed by atoms with E-state index in [1.807, 2.05) is 0 Å². The maximum atomic E-state index is 12.0. The number of nitrogens with two attached hydrogens (primary N) is 2. The van der Waals surface area contributed by atoms with Crippen molar-refractivity contribution in [3.05, 3.63) is 0 Å². The number of carbonyl (C=O) groups is 2. The molecule has 1 fully saturated rings. The SMILES string of the molecule is CC(C)(C)N(CC(=O)N1CC(N)C(N)C1)C(=O)O. The van der Waals surface area contributed by atoms with Gasteiger partial charge in [-0.3, -0.25) is 9.69 Å². The standard InChI is InChI=1S/C11H22N4O3/c1-11(2,3)15(10(17)18)6-9(16)14-4-7(12)8(13)5-14/h7-8H,4-6,12-13H2,1-3H3,(H,17,18). The molecule has 1 aliphatic rings. The number of amides is 2. The Morgan fingerprint density at radius 1 is 1.28 bits per heavy atom. The third-order valence-electron chi connectivity index (χ3n) is 3.10. The Balaban J connectivity index is 2.66. The minimum absolute atomic E-state index is 0.168. The van der Waals surface area contributed by atoms with Gasteiger partial charge in [0.05, 0.1) is 0 Å².